The highest BCUT2D eigenvalue weighted by atomic mass is 16.5. The van der Waals surface area contributed by atoms with Crippen molar-refractivity contribution in [1.29, 1.82) is 0 Å². The first-order valence-corrected chi connectivity index (χ1v) is 8.78. The fourth-order valence-electron chi connectivity index (χ4n) is 2.99. The van der Waals surface area contributed by atoms with Gasteiger partial charge >= 0.3 is 0 Å². The quantitative estimate of drug-likeness (QED) is 0.837. The van der Waals surface area contributed by atoms with Gasteiger partial charge in [-0.1, -0.05) is 6.92 Å². The van der Waals surface area contributed by atoms with Crippen LogP contribution in [0, 0.1) is 0 Å². The van der Waals surface area contributed by atoms with Gasteiger partial charge < -0.3 is 14.5 Å². The molecule has 0 spiro atoms. The van der Waals surface area contributed by atoms with Gasteiger partial charge in [0.25, 0.3) is 0 Å². The van der Waals surface area contributed by atoms with Crippen LogP contribution in [-0.2, 0) is 24.3 Å². The van der Waals surface area contributed by atoms with E-state index in [1.54, 1.807) is 6.20 Å². The Labute approximate surface area is 148 Å². The highest BCUT2D eigenvalue weighted by Crippen LogP contribution is 2.21. The molecule has 3 rings (SSSR count). The van der Waals surface area contributed by atoms with Gasteiger partial charge in [0.15, 0.2) is 0 Å². The first-order valence-electron chi connectivity index (χ1n) is 8.78. The van der Waals surface area contributed by atoms with Gasteiger partial charge in [-0.15, -0.1) is 0 Å². The van der Waals surface area contributed by atoms with Crippen LogP contribution in [0.4, 0.5) is 0 Å². The molecule has 1 atom stereocenters. The highest BCUT2D eigenvalue weighted by Gasteiger charge is 2.24. The highest BCUT2D eigenvalue weighted by molar-refractivity contribution is 5.72. The second-order valence-electron chi connectivity index (χ2n) is 6.38. The van der Waals surface area contributed by atoms with Crippen LogP contribution >= 0.6 is 0 Å². The van der Waals surface area contributed by atoms with Gasteiger partial charge in [0.2, 0.25) is 5.91 Å². The number of nitrogens with zero attached hydrogens (tertiary/aromatic N) is 2. The third kappa shape index (κ3) is 5.06. The lowest BCUT2D eigenvalue weighted by atomic mass is 10.3. The summed E-state index contributed by atoms with van der Waals surface area (Å²) in [7, 11) is 0. The van der Waals surface area contributed by atoms with E-state index in [1.807, 2.05) is 18.2 Å². The van der Waals surface area contributed by atoms with E-state index in [1.165, 1.54) is 6.92 Å². The average molecular weight is 343 g/mol. The number of hydrogen-bond donors (Lipinski definition) is 1. The molecule has 6 nitrogen and oxygen atoms in total. The Morgan fingerprint density at radius 2 is 2.24 bits per heavy atom. The average Bonchev–Trinajstić information content (AvgIpc) is 3.23. The summed E-state index contributed by atoms with van der Waals surface area (Å²) >= 11 is 0. The molecule has 1 aliphatic rings. The van der Waals surface area contributed by atoms with Crippen LogP contribution in [0.5, 0.6) is 5.75 Å². The first-order chi connectivity index (χ1) is 12.1. The number of hydrogen-bond acceptors (Lipinski definition) is 5. The van der Waals surface area contributed by atoms with Crippen molar-refractivity contribution in [2.45, 2.75) is 45.9 Å². The van der Waals surface area contributed by atoms with E-state index in [4.69, 9.17) is 9.15 Å². The number of ether oxygens (including phenoxy) is 1. The second-order valence-corrected chi connectivity index (χ2v) is 6.38. The Balaban J connectivity index is 1.50. The molecule has 2 aromatic heterocycles. The molecule has 0 aliphatic carbocycles. The number of likely N-dealkylation sites (tertiary alicyclic amines) is 1. The predicted molar refractivity (Wildman–Crippen MR) is 94.2 cm³/mol. The Bertz CT molecular complexity index is 713. The molecule has 1 fully saturated rings. The van der Waals surface area contributed by atoms with Crippen LogP contribution in [-0.4, -0.2) is 35.0 Å². The van der Waals surface area contributed by atoms with E-state index in [0.717, 1.165) is 55.4 Å². The van der Waals surface area contributed by atoms with Crippen molar-refractivity contribution in [3.8, 4) is 5.75 Å². The number of nitrogens with one attached hydrogen (secondary N) is 1. The lowest BCUT2D eigenvalue weighted by Crippen LogP contribution is -2.24. The number of carbonyl (C=O) groups excluding carboxylic acids is 1. The molecule has 1 saturated heterocycles. The zero-order valence-corrected chi connectivity index (χ0v) is 14.8. The van der Waals surface area contributed by atoms with Crippen molar-refractivity contribution in [1.82, 2.24) is 15.2 Å². The SMILES string of the molecule is CCc1ccc(CN2CCC(Oc3ccnc(CNC(C)=O)c3)C2)o1. The van der Waals surface area contributed by atoms with Crippen LogP contribution in [0.15, 0.2) is 34.9 Å². The Hall–Kier alpha value is -2.34. The molecule has 0 bridgehead atoms. The van der Waals surface area contributed by atoms with Crippen molar-refractivity contribution in [2.75, 3.05) is 13.1 Å². The number of pyridine rings is 1. The molecule has 3 heterocycles. The molecular formula is C19H25N3O3. The maximum atomic E-state index is 11.0. The van der Waals surface area contributed by atoms with E-state index in [-0.39, 0.29) is 12.0 Å². The van der Waals surface area contributed by atoms with E-state index < -0.39 is 0 Å². The van der Waals surface area contributed by atoms with Crippen molar-refractivity contribution >= 4 is 5.91 Å². The minimum Gasteiger partial charge on any atom is -0.489 e. The van der Waals surface area contributed by atoms with Gasteiger partial charge in [0, 0.05) is 38.7 Å². The minimum absolute atomic E-state index is 0.0660. The number of carbonyl (C=O) groups is 1. The number of rotatable bonds is 7. The van der Waals surface area contributed by atoms with E-state index in [0.29, 0.717) is 6.54 Å². The summed E-state index contributed by atoms with van der Waals surface area (Å²) in [6.45, 7) is 6.71. The molecule has 2 aromatic rings. The molecule has 1 N–H and O–H groups in total. The Morgan fingerprint density at radius 3 is 3.00 bits per heavy atom. The van der Waals surface area contributed by atoms with Crippen molar-refractivity contribution in [3.63, 3.8) is 0 Å². The monoisotopic (exact) mass is 343 g/mol. The molecule has 0 saturated carbocycles. The predicted octanol–water partition coefficient (Wildman–Crippen LogP) is 2.53. The van der Waals surface area contributed by atoms with E-state index in [2.05, 4.69) is 28.2 Å². The van der Waals surface area contributed by atoms with Gasteiger partial charge in [0.1, 0.15) is 23.4 Å². The van der Waals surface area contributed by atoms with Crippen LogP contribution in [0.2, 0.25) is 0 Å². The van der Waals surface area contributed by atoms with E-state index in [9.17, 15) is 4.79 Å². The normalized spacial score (nSPS) is 17.6. The summed E-state index contributed by atoms with van der Waals surface area (Å²) in [6.07, 6.45) is 3.80. The first kappa shape index (κ1) is 17.5. The number of aryl methyl sites for hydroxylation is 1. The zero-order valence-electron chi connectivity index (χ0n) is 14.8. The van der Waals surface area contributed by atoms with Crippen molar-refractivity contribution in [2.24, 2.45) is 0 Å². The molecule has 6 heteroatoms. The summed E-state index contributed by atoms with van der Waals surface area (Å²) < 4.78 is 11.9. The molecule has 0 aromatic carbocycles. The molecule has 134 valence electrons. The molecule has 1 amide bonds. The van der Waals surface area contributed by atoms with Gasteiger partial charge in [0.05, 0.1) is 18.8 Å². The largest absolute Gasteiger partial charge is 0.489 e. The molecule has 0 radical (unpaired) electrons. The second kappa shape index (κ2) is 8.16. The topological polar surface area (TPSA) is 67.6 Å². The molecule has 1 aliphatic heterocycles. The summed E-state index contributed by atoms with van der Waals surface area (Å²) in [4.78, 5) is 17.6. The molecule has 1 unspecified atom stereocenters. The maximum Gasteiger partial charge on any atom is 0.217 e. The van der Waals surface area contributed by atoms with Crippen LogP contribution < -0.4 is 10.1 Å². The van der Waals surface area contributed by atoms with Crippen molar-refractivity contribution < 1.29 is 13.9 Å². The summed E-state index contributed by atoms with van der Waals surface area (Å²) in [5.41, 5.74) is 0.797. The van der Waals surface area contributed by atoms with Crippen LogP contribution in [0.1, 0.15) is 37.5 Å². The maximum absolute atomic E-state index is 11.0. The minimum atomic E-state index is -0.0660. The lowest BCUT2D eigenvalue weighted by Gasteiger charge is -2.16. The smallest absolute Gasteiger partial charge is 0.217 e. The fourth-order valence-corrected chi connectivity index (χ4v) is 2.99. The number of furan rings is 1. The van der Waals surface area contributed by atoms with E-state index >= 15 is 0 Å². The fraction of sp³-hybridized carbons (Fsp3) is 0.474. The summed E-state index contributed by atoms with van der Waals surface area (Å²) in [6, 6.07) is 7.86. The number of aromatic nitrogens is 1. The summed E-state index contributed by atoms with van der Waals surface area (Å²) in [5, 5.41) is 2.75. The lowest BCUT2D eigenvalue weighted by molar-refractivity contribution is -0.119. The van der Waals surface area contributed by atoms with Gasteiger partial charge in [-0.2, -0.15) is 0 Å². The van der Waals surface area contributed by atoms with Crippen LogP contribution in [0.25, 0.3) is 0 Å². The Kier molecular flexibility index (Phi) is 5.71. The van der Waals surface area contributed by atoms with Gasteiger partial charge in [-0.3, -0.25) is 14.7 Å². The standard InChI is InChI=1S/C19H25N3O3/c1-3-16-4-5-18(24-16)12-22-9-7-19(13-22)25-17-6-8-20-15(10-17)11-21-14(2)23/h4-6,8,10,19H,3,7,9,11-13H2,1-2H3,(H,21,23). The Morgan fingerprint density at radius 1 is 1.40 bits per heavy atom. The third-order valence-electron chi connectivity index (χ3n) is 4.28. The summed E-state index contributed by atoms with van der Waals surface area (Å²) in [5.74, 6) is 2.78. The van der Waals surface area contributed by atoms with Crippen LogP contribution in [0.3, 0.4) is 0 Å². The zero-order chi connectivity index (χ0) is 17.6. The third-order valence-corrected chi connectivity index (χ3v) is 4.28. The molecule has 25 heavy (non-hydrogen) atoms. The number of amides is 1. The molecular weight excluding hydrogens is 318 g/mol. The van der Waals surface area contributed by atoms with Crippen molar-refractivity contribution in [3.05, 3.63) is 47.7 Å². The van der Waals surface area contributed by atoms with Gasteiger partial charge in [-0.25, -0.2) is 0 Å². The van der Waals surface area contributed by atoms with Gasteiger partial charge in [-0.05, 0) is 24.6 Å².